The van der Waals surface area contributed by atoms with E-state index in [-0.39, 0.29) is 11.5 Å². The second-order valence-electron chi connectivity index (χ2n) is 6.61. The van der Waals surface area contributed by atoms with Gasteiger partial charge < -0.3 is 14.5 Å². The summed E-state index contributed by atoms with van der Waals surface area (Å²) in [6.45, 7) is 0. The van der Waals surface area contributed by atoms with Crippen molar-refractivity contribution in [2.45, 2.75) is 6.04 Å². The van der Waals surface area contributed by atoms with E-state index in [1.165, 1.54) is 13.2 Å². The largest absolute Gasteiger partial charge is 0.496 e. The van der Waals surface area contributed by atoms with Gasteiger partial charge in [0.2, 0.25) is 11.8 Å². The Labute approximate surface area is 188 Å². The molecular weight excluding hydrogens is 437 g/mol. The van der Waals surface area contributed by atoms with Gasteiger partial charge in [0, 0.05) is 15.6 Å². The van der Waals surface area contributed by atoms with Crippen LogP contribution in [-0.2, 0) is 0 Å². The fourth-order valence-corrected chi connectivity index (χ4v) is 3.36. The molecule has 1 atom stereocenters. The number of hydrogen-bond donors (Lipinski definition) is 1. The van der Waals surface area contributed by atoms with Crippen LogP contribution in [0, 0.1) is 0 Å². The van der Waals surface area contributed by atoms with E-state index < -0.39 is 11.9 Å². The highest BCUT2D eigenvalue weighted by atomic mass is 35.5. The number of amides is 1. The molecule has 0 unspecified atom stereocenters. The van der Waals surface area contributed by atoms with Gasteiger partial charge in [-0.1, -0.05) is 53.5 Å². The maximum Gasteiger partial charge on any atom is 0.256 e. The van der Waals surface area contributed by atoms with Crippen LogP contribution in [0.4, 0.5) is 0 Å². The zero-order valence-corrected chi connectivity index (χ0v) is 17.9. The third kappa shape index (κ3) is 4.71. The minimum atomic E-state index is -0.710. The molecule has 0 aliphatic carbocycles. The van der Waals surface area contributed by atoms with Gasteiger partial charge in [-0.05, 0) is 48.0 Å². The number of halogens is 2. The molecule has 0 fully saturated rings. The number of nitrogens with zero attached hydrogens (tertiary/aromatic N) is 2. The Morgan fingerprint density at radius 1 is 0.968 bits per heavy atom. The van der Waals surface area contributed by atoms with Gasteiger partial charge in [-0.3, -0.25) is 4.79 Å². The lowest BCUT2D eigenvalue weighted by molar-refractivity contribution is 0.0935. The molecule has 0 radical (unpaired) electrons. The number of methoxy groups -OCH3 is 1. The van der Waals surface area contributed by atoms with Gasteiger partial charge >= 0.3 is 0 Å². The SMILES string of the molecule is COc1ccc(Cl)cc1C(=O)N[C@H](c1ccc(Cl)cc1)c1nnc(-c2ccccc2)o1. The number of carbonyl (C=O) groups excluding carboxylic acids is 1. The summed E-state index contributed by atoms with van der Waals surface area (Å²) in [5.74, 6) is 0.575. The van der Waals surface area contributed by atoms with E-state index in [4.69, 9.17) is 32.4 Å². The van der Waals surface area contributed by atoms with Crippen molar-refractivity contribution in [2.75, 3.05) is 7.11 Å². The summed E-state index contributed by atoms with van der Waals surface area (Å²) in [7, 11) is 1.49. The Hall–Kier alpha value is -3.35. The molecule has 0 saturated heterocycles. The van der Waals surface area contributed by atoms with E-state index in [1.54, 1.807) is 36.4 Å². The molecule has 156 valence electrons. The van der Waals surface area contributed by atoms with Crippen molar-refractivity contribution in [1.29, 1.82) is 0 Å². The standard InChI is InChI=1S/C23H17Cl2N3O3/c1-30-19-12-11-17(25)13-18(19)21(29)26-20(14-7-9-16(24)10-8-14)23-28-27-22(31-23)15-5-3-2-4-6-15/h2-13,20H,1H3,(H,26,29)/t20-/m1/s1. The summed E-state index contributed by atoms with van der Waals surface area (Å²) >= 11 is 12.1. The predicted molar refractivity (Wildman–Crippen MR) is 118 cm³/mol. The summed E-state index contributed by atoms with van der Waals surface area (Å²) in [4.78, 5) is 13.1. The molecule has 4 rings (SSSR count). The lowest BCUT2D eigenvalue weighted by Gasteiger charge is -2.17. The number of benzene rings is 3. The first-order valence-electron chi connectivity index (χ1n) is 9.34. The molecule has 1 aromatic heterocycles. The van der Waals surface area contributed by atoms with Gasteiger partial charge in [0.1, 0.15) is 11.8 Å². The Morgan fingerprint density at radius 3 is 2.39 bits per heavy atom. The zero-order chi connectivity index (χ0) is 21.8. The van der Waals surface area contributed by atoms with Crippen molar-refractivity contribution in [1.82, 2.24) is 15.5 Å². The Kier molecular flexibility index (Phi) is 6.21. The van der Waals surface area contributed by atoms with E-state index in [2.05, 4.69) is 15.5 Å². The average Bonchev–Trinajstić information content (AvgIpc) is 3.28. The molecule has 0 aliphatic heterocycles. The molecule has 6 nitrogen and oxygen atoms in total. The maximum absolute atomic E-state index is 13.1. The van der Waals surface area contributed by atoms with Crippen molar-refractivity contribution in [3.8, 4) is 17.2 Å². The maximum atomic E-state index is 13.1. The summed E-state index contributed by atoms with van der Waals surface area (Å²) in [5, 5.41) is 12.2. The molecule has 31 heavy (non-hydrogen) atoms. The fourth-order valence-electron chi connectivity index (χ4n) is 3.06. The highest BCUT2D eigenvalue weighted by molar-refractivity contribution is 6.31. The highest BCUT2D eigenvalue weighted by Crippen LogP contribution is 2.28. The van der Waals surface area contributed by atoms with Crippen LogP contribution in [0.15, 0.2) is 77.2 Å². The van der Waals surface area contributed by atoms with Gasteiger partial charge in [-0.25, -0.2) is 0 Å². The van der Waals surface area contributed by atoms with Crippen LogP contribution in [0.5, 0.6) is 5.75 Å². The first-order chi connectivity index (χ1) is 15.0. The molecule has 8 heteroatoms. The topological polar surface area (TPSA) is 77.2 Å². The van der Waals surface area contributed by atoms with Crippen LogP contribution in [0.25, 0.3) is 11.5 Å². The molecule has 3 aromatic carbocycles. The smallest absolute Gasteiger partial charge is 0.256 e. The number of rotatable bonds is 6. The average molecular weight is 454 g/mol. The lowest BCUT2D eigenvalue weighted by Crippen LogP contribution is -2.30. The van der Waals surface area contributed by atoms with Gasteiger partial charge in [-0.2, -0.15) is 0 Å². The second kappa shape index (κ2) is 9.20. The monoisotopic (exact) mass is 453 g/mol. The van der Waals surface area contributed by atoms with Crippen LogP contribution in [0.2, 0.25) is 10.0 Å². The number of nitrogens with one attached hydrogen (secondary N) is 1. The molecule has 1 amide bonds. The van der Waals surface area contributed by atoms with Crippen LogP contribution in [0.3, 0.4) is 0 Å². The van der Waals surface area contributed by atoms with Gasteiger partial charge in [0.15, 0.2) is 0 Å². The molecule has 0 spiro atoms. The number of ether oxygens (including phenoxy) is 1. The van der Waals surface area contributed by atoms with Crippen LogP contribution in [0.1, 0.15) is 27.9 Å². The minimum absolute atomic E-state index is 0.232. The van der Waals surface area contributed by atoms with E-state index in [9.17, 15) is 4.79 Å². The summed E-state index contributed by atoms with van der Waals surface area (Å²) < 4.78 is 11.2. The van der Waals surface area contributed by atoms with Gasteiger partial charge in [0.05, 0.1) is 12.7 Å². The van der Waals surface area contributed by atoms with Gasteiger partial charge in [-0.15, -0.1) is 10.2 Å². The molecule has 0 saturated carbocycles. The van der Waals surface area contributed by atoms with E-state index in [0.29, 0.717) is 21.7 Å². The molecule has 0 aliphatic rings. The third-order valence-electron chi connectivity index (χ3n) is 4.59. The Bertz CT molecular complexity index is 1190. The predicted octanol–water partition coefficient (Wildman–Crippen LogP) is 5.57. The summed E-state index contributed by atoms with van der Waals surface area (Å²) in [6, 6.07) is 20.5. The molecular formula is C23H17Cl2N3O3. The Morgan fingerprint density at radius 2 is 1.68 bits per heavy atom. The van der Waals surface area contributed by atoms with Crippen LogP contribution >= 0.6 is 23.2 Å². The molecule has 4 aromatic rings. The quantitative estimate of drug-likeness (QED) is 0.412. The molecule has 0 bridgehead atoms. The lowest BCUT2D eigenvalue weighted by atomic mass is 10.1. The molecule has 1 heterocycles. The normalized spacial score (nSPS) is 11.7. The van der Waals surface area contributed by atoms with E-state index >= 15 is 0 Å². The van der Waals surface area contributed by atoms with Crippen molar-refractivity contribution < 1.29 is 13.9 Å². The summed E-state index contributed by atoms with van der Waals surface area (Å²) in [5.41, 5.74) is 1.79. The number of aromatic nitrogens is 2. The van der Waals surface area contributed by atoms with Crippen molar-refractivity contribution >= 4 is 29.1 Å². The molecule has 1 N–H and O–H groups in total. The third-order valence-corrected chi connectivity index (χ3v) is 5.08. The minimum Gasteiger partial charge on any atom is -0.496 e. The summed E-state index contributed by atoms with van der Waals surface area (Å²) in [6.07, 6.45) is 0. The van der Waals surface area contributed by atoms with Crippen molar-refractivity contribution in [3.05, 3.63) is 99.9 Å². The fraction of sp³-hybridized carbons (Fsp3) is 0.0870. The van der Waals surface area contributed by atoms with E-state index in [1.807, 2.05) is 30.3 Å². The number of hydrogen-bond acceptors (Lipinski definition) is 5. The zero-order valence-electron chi connectivity index (χ0n) is 16.4. The highest BCUT2D eigenvalue weighted by Gasteiger charge is 2.25. The van der Waals surface area contributed by atoms with Crippen LogP contribution < -0.4 is 10.1 Å². The second-order valence-corrected chi connectivity index (χ2v) is 7.49. The first kappa shape index (κ1) is 20.9. The van der Waals surface area contributed by atoms with Crippen molar-refractivity contribution in [3.63, 3.8) is 0 Å². The van der Waals surface area contributed by atoms with Gasteiger partial charge in [0.25, 0.3) is 5.91 Å². The van der Waals surface area contributed by atoms with E-state index in [0.717, 1.165) is 11.1 Å². The first-order valence-corrected chi connectivity index (χ1v) is 10.1. The Balaban J connectivity index is 1.71. The number of carbonyl (C=O) groups is 1. The van der Waals surface area contributed by atoms with Crippen molar-refractivity contribution in [2.24, 2.45) is 0 Å². The van der Waals surface area contributed by atoms with Crippen LogP contribution in [-0.4, -0.2) is 23.2 Å².